The molecule has 23 heavy (non-hydrogen) atoms. The van der Waals surface area contributed by atoms with E-state index in [9.17, 15) is 0 Å². The number of benzene rings is 1. The number of nitrogens with zero attached hydrogens (tertiary/aromatic N) is 1. The summed E-state index contributed by atoms with van der Waals surface area (Å²) in [6.07, 6.45) is 4.25. The summed E-state index contributed by atoms with van der Waals surface area (Å²) in [7, 11) is 0.686. The van der Waals surface area contributed by atoms with Gasteiger partial charge in [-0.15, -0.1) is 0 Å². The molecular formula is C18H28BrNO2Si. The molecule has 1 heterocycles. The molecule has 5 heteroatoms. The minimum absolute atomic E-state index is 0.463. The summed E-state index contributed by atoms with van der Waals surface area (Å²) in [5.41, 5.74) is 1.33. The van der Waals surface area contributed by atoms with Crippen molar-refractivity contribution < 1.29 is 9.47 Å². The van der Waals surface area contributed by atoms with E-state index >= 15 is 0 Å². The van der Waals surface area contributed by atoms with Crippen LogP contribution in [0.4, 0.5) is 0 Å². The Bertz CT molecular complexity index is 525. The fraction of sp³-hybridized carbons (Fsp3) is 0.556. The van der Waals surface area contributed by atoms with Gasteiger partial charge in [-0.2, -0.15) is 0 Å². The molecule has 0 aromatic heterocycles. The highest BCUT2D eigenvalue weighted by molar-refractivity contribution is 9.11. The fourth-order valence-corrected chi connectivity index (χ4v) is 3.99. The van der Waals surface area contributed by atoms with E-state index in [2.05, 4.69) is 58.8 Å². The molecule has 0 bridgehead atoms. The third kappa shape index (κ3) is 6.32. The van der Waals surface area contributed by atoms with E-state index in [1.807, 2.05) is 12.1 Å². The zero-order valence-corrected chi connectivity index (χ0v) is 17.2. The van der Waals surface area contributed by atoms with Crippen molar-refractivity contribution in [2.75, 3.05) is 20.4 Å². The number of rotatable bonds is 8. The van der Waals surface area contributed by atoms with Crippen LogP contribution in [0.15, 0.2) is 34.9 Å². The Morgan fingerprint density at radius 1 is 1.22 bits per heavy atom. The molecule has 0 amide bonds. The third-order valence-electron chi connectivity index (χ3n) is 4.07. The summed E-state index contributed by atoms with van der Waals surface area (Å²) in [6.45, 7) is 8.70. The maximum absolute atomic E-state index is 5.92. The first-order valence-corrected chi connectivity index (χ1v) is 12.7. The van der Waals surface area contributed by atoms with Gasteiger partial charge in [-0.25, -0.2) is 0 Å². The summed E-state index contributed by atoms with van der Waals surface area (Å²) >= 11 is 3.65. The first-order chi connectivity index (χ1) is 10.9. The lowest BCUT2D eigenvalue weighted by molar-refractivity contribution is 0.0464. The Balaban J connectivity index is 1.85. The highest BCUT2D eigenvalue weighted by Crippen LogP contribution is 2.28. The van der Waals surface area contributed by atoms with Crippen LogP contribution in [0.5, 0.6) is 5.75 Å². The molecule has 0 radical (unpaired) electrons. The number of ether oxygens (including phenoxy) is 2. The molecule has 0 saturated carbocycles. The Morgan fingerprint density at radius 3 is 2.52 bits per heavy atom. The van der Waals surface area contributed by atoms with Gasteiger partial charge < -0.3 is 14.4 Å². The van der Waals surface area contributed by atoms with E-state index in [1.54, 1.807) is 7.11 Å². The number of halogens is 1. The Hall–Kier alpha value is -0.783. The van der Waals surface area contributed by atoms with Crippen molar-refractivity contribution in [3.05, 3.63) is 40.5 Å². The van der Waals surface area contributed by atoms with Crippen molar-refractivity contribution in [2.24, 2.45) is 0 Å². The molecule has 128 valence electrons. The first kappa shape index (κ1) is 18.6. The number of hydrogen-bond donors (Lipinski definition) is 0. The molecule has 2 rings (SSSR count). The van der Waals surface area contributed by atoms with Gasteiger partial charge in [-0.05, 0) is 30.2 Å². The molecule has 0 fully saturated rings. The second kappa shape index (κ2) is 8.35. The second-order valence-electron chi connectivity index (χ2n) is 7.35. The minimum Gasteiger partial charge on any atom is -0.497 e. The molecule has 0 saturated heterocycles. The maximum atomic E-state index is 5.92. The summed E-state index contributed by atoms with van der Waals surface area (Å²) in [6, 6.07) is 10.0. The molecular weight excluding hydrogens is 370 g/mol. The average molecular weight is 398 g/mol. The summed E-state index contributed by atoms with van der Waals surface area (Å²) in [4.78, 5) is 2.32. The van der Waals surface area contributed by atoms with Crippen molar-refractivity contribution in [1.29, 1.82) is 0 Å². The van der Waals surface area contributed by atoms with Crippen LogP contribution in [0.2, 0.25) is 25.7 Å². The van der Waals surface area contributed by atoms with Gasteiger partial charge in [0.15, 0.2) is 0 Å². The quantitative estimate of drug-likeness (QED) is 0.461. The minimum atomic E-state index is -1.01. The highest BCUT2D eigenvalue weighted by Gasteiger charge is 2.24. The maximum Gasteiger partial charge on any atom is 0.118 e. The van der Waals surface area contributed by atoms with Crippen molar-refractivity contribution in [2.45, 2.75) is 44.6 Å². The van der Waals surface area contributed by atoms with Gasteiger partial charge in [-0.1, -0.05) is 47.7 Å². The smallest absolute Gasteiger partial charge is 0.118 e. The lowest BCUT2D eigenvalue weighted by atomic mass is 10.0. The summed E-state index contributed by atoms with van der Waals surface area (Å²) < 4.78 is 12.4. The van der Waals surface area contributed by atoms with Crippen molar-refractivity contribution in [1.82, 2.24) is 4.90 Å². The number of methoxy groups -OCH3 is 1. The predicted molar refractivity (Wildman–Crippen MR) is 103 cm³/mol. The van der Waals surface area contributed by atoms with Gasteiger partial charge in [0, 0.05) is 37.8 Å². The van der Waals surface area contributed by atoms with Crippen LogP contribution in [-0.2, 0) is 11.2 Å². The van der Waals surface area contributed by atoms with Crippen LogP contribution in [-0.4, -0.2) is 39.5 Å². The lowest BCUT2D eigenvalue weighted by Crippen LogP contribution is -2.32. The van der Waals surface area contributed by atoms with Crippen LogP contribution >= 0.6 is 15.9 Å². The van der Waals surface area contributed by atoms with Crippen LogP contribution in [0.3, 0.4) is 0 Å². The van der Waals surface area contributed by atoms with E-state index in [-0.39, 0.29) is 0 Å². The molecule has 3 nitrogen and oxygen atoms in total. The topological polar surface area (TPSA) is 21.7 Å². The average Bonchev–Trinajstić information content (AvgIpc) is 2.83. The Labute approximate surface area is 149 Å². The molecule has 1 aliphatic heterocycles. The number of hydrogen-bond acceptors (Lipinski definition) is 3. The predicted octanol–water partition coefficient (Wildman–Crippen LogP) is 4.86. The molecule has 0 N–H and O–H groups in total. The van der Waals surface area contributed by atoms with Gasteiger partial charge in [0.1, 0.15) is 12.5 Å². The summed E-state index contributed by atoms with van der Waals surface area (Å²) in [5.74, 6) is 0.908. The van der Waals surface area contributed by atoms with Gasteiger partial charge in [0.25, 0.3) is 0 Å². The van der Waals surface area contributed by atoms with E-state index in [0.29, 0.717) is 12.8 Å². The third-order valence-corrected chi connectivity index (χ3v) is 6.31. The molecule has 1 aliphatic rings. The van der Waals surface area contributed by atoms with Gasteiger partial charge >= 0.3 is 0 Å². The molecule has 1 aromatic carbocycles. The first-order valence-electron chi connectivity index (χ1n) is 8.20. The van der Waals surface area contributed by atoms with Crippen LogP contribution in [0, 0.1) is 0 Å². The largest absolute Gasteiger partial charge is 0.497 e. The Morgan fingerprint density at radius 2 is 1.91 bits per heavy atom. The lowest BCUT2D eigenvalue weighted by Gasteiger charge is -2.26. The molecule has 0 spiro atoms. The normalized spacial score (nSPS) is 18.2. The van der Waals surface area contributed by atoms with Gasteiger partial charge in [0.2, 0.25) is 0 Å². The van der Waals surface area contributed by atoms with E-state index in [4.69, 9.17) is 9.47 Å². The van der Waals surface area contributed by atoms with Crippen LogP contribution < -0.4 is 4.74 Å². The zero-order valence-electron chi connectivity index (χ0n) is 14.6. The van der Waals surface area contributed by atoms with Gasteiger partial charge in [-0.3, -0.25) is 0 Å². The van der Waals surface area contributed by atoms with Crippen molar-refractivity contribution in [3.63, 3.8) is 0 Å². The fourth-order valence-electron chi connectivity index (χ4n) is 2.59. The highest BCUT2D eigenvalue weighted by atomic mass is 79.9. The van der Waals surface area contributed by atoms with E-state index in [0.717, 1.165) is 25.2 Å². The van der Waals surface area contributed by atoms with Crippen molar-refractivity contribution in [3.8, 4) is 5.75 Å². The SMILES string of the molecule is COc1ccc(CC2CC(Br)=CN2COCC[Si](C)(C)C)cc1. The van der Waals surface area contributed by atoms with Crippen molar-refractivity contribution >= 4 is 24.0 Å². The zero-order chi connectivity index (χ0) is 16.9. The Kier molecular flexibility index (Phi) is 6.74. The van der Waals surface area contributed by atoms with E-state index in [1.165, 1.54) is 16.1 Å². The molecule has 1 aromatic rings. The molecule has 0 aliphatic carbocycles. The monoisotopic (exact) mass is 397 g/mol. The molecule has 1 atom stereocenters. The molecule has 1 unspecified atom stereocenters. The van der Waals surface area contributed by atoms with Gasteiger partial charge in [0.05, 0.1) is 7.11 Å². The second-order valence-corrected chi connectivity index (χ2v) is 14.0. The van der Waals surface area contributed by atoms with Crippen LogP contribution in [0.1, 0.15) is 12.0 Å². The van der Waals surface area contributed by atoms with Crippen LogP contribution in [0.25, 0.3) is 0 Å². The summed E-state index contributed by atoms with van der Waals surface area (Å²) in [5, 5.41) is 0. The van der Waals surface area contributed by atoms with E-state index < -0.39 is 8.07 Å². The standard InChI is InChI=1S/C18H28BrNO2Si/c1-21-18-7-5-15(6-8-18)11-17-12-16(19)13-20(17)14-22-9-10-23(2,3)4/h5-8,13,17H,9-12,14H2,1-4H3.